The maximum absolute atomic E-state index is 4.69. The molecule has 50 valence electrons. The first-order valence-electron chi connectivity index (χ1n) is 2.24. The highest BCUT2D eigenvalue weighted by Gasteiger charge is 1.84. The molecule has 1 rings (SSSR count). The smallest absolute Gasteiger partial charge is 0.315 e. The van der Waals surface area contributed by atoms with Gasteiger partial charge in [0.1, 0.15) is 0 Å². The average Bonchev–Trinajstić information content (AvgIpc) is 1.90. The quantitative estimate of drug-likeness (QED) is 0.565. The van der Waals surface area contributed by atoms with Gasteiger partial charge in [-0.1, -0.05) is 7.43 Å². The van der Waals surface area contributed by atoms with Gasteiger partial charge < -0.3 is 4.74 Å². The Morgan fingerprint density at radius 1 is 1.33 bits per heavy atom. The molecule has 9 heavy (non-hydrogen) atoms. The number of methoxy groups -OCH3 is 1. The summed E-state index contributed by atoms with van der Waals surface area (Å²) >= 11 is 0. The third kappa shape index (κ3) is 2.08. The molecule has 0 amide bonds. The van der Waals surface area contributed by atoms with Gasteiger partial charge in [-0.3, -0.25) is 0 Å². The molecule has 0 saturated heterocycles. The van der Waals surface area contributed by atoms with Gasteiger partial charge in [0.05, 0.1) is 7.11 Å². The Balaban J connectivity index is 0.000000640. The summed E-state index contributed by atoms with van der Waals surface area (Å²) in [7, 11) is 1.54. The normalized spacial score (nSPS) is 7.67. The third-order valence-corrected chi connectivity index (χ3v) is 0.725. The van der Waals surface area contributed by atoms with Crippen LogP contribution < -0.4 is 4.74 Å². The van der Waals surface area contributed by atoms with Gasteiger partial charge in [-0.05, 0) is 6.07 Å². The van der Waals surface area contributed by atoms with Crippen molar-refractivity contribution >= 4 is 0 Å². The van der Waals surface area contributed by atoms with Gasteiger partial charge in [0, 0.05) is 12.4 Å². The summed E-state index contributed by atoms with van der Waals surface area (Å²) in [5, 5.41) is 0. The van der Waals surface area contributed by atoms with Crippen molar-refractivity contribution in [2.45, 2.75) is 7.43 Å². The van der Waals surface area contributed by atoms with E-state index in [1.807, 2.05) is 0 Å². The summed E-state index contributed by atoms with van der Waals surface area (Å²) in [6, 6.07) is 2.15. The van der Waals surface area contributed by atoms with Crippen LogP contribution in [0, 0.1) is 0 Å². The van der Waals surface area contributed by atoms with Crippen molar-refractivity contribution in [3.05, 3.63) is 18.5 Å². The van der Waals surface area contributed by atoms with E-state index < -0.39 is 0 Å². The van der Waals surface area contributed by atoms with Crippen LogP contribution in [-0.4, -0.2) is 17.1 Å². The second kappa shape index (κ2) is 3.83. The zero-order valence-electron chi connectivity index (χ0n) is 4.53. The molecule has 0 radical (unpaired) electrons. The molecule has 0 N–H and O–H groups in total. The highest BCUT2D eigenvalue weighted by molar-refractivity contribution is 4.92. The van der Waals surface area contributed by atoms with E-state index in [1.165, 1.54) is 7.11 Å². The van der Waals surface area contributed by atoms with E-state index in [0.717, 1.165) is 0 Å². The van der Waals surface area contributed by atoms with E-state index in [4.69, 9.17) is 4.74 Å². The van der Waals surface area contributed by atoms with Crippen molar-refractivity contribution in [2.75, 3.05) is 7.11 Å². The number of rotatable bonds is 1. The number of hydrogen-bond acceptors (Lipinski definition) is 3. The lowest BCUT2D eigenvalue weighted by molar-refractivity contribution is 0.379. The molecule has 3 nitrogen and oxygen atoms in total. The van der Waals surface area contributed by atoms with E-state index in [0.29, 0.717) is 6.01 Å². The van der Waals surface area contributed by atoms with Crippen molar-refractivity contribution in [2.24, 2.45) is 0 Å². The number of aromatic nitrogens is 2. The summed E-state index contributed by atoms with van der Waals surface area (Å²) < 4.78 is 4.69. The summed E-state index contributed by atoms with van der Waals surface area (Å²) in [5.74, 6) is 0. The highest BCUT2D eigenvalue weighted by Crippen LogP contribution is 1.92. The van der Waals surface area contributed by atoms with Crippen LogP contribution in [-0.2, 0) is 0 Å². The van der Waals surface area contributed by atoms with Crippen LogP contribution in [0.15, 0.2) is 18.5 Å². The first-order chi connectivity index (χ1) is 3.93. The van der Waals surface area contributed by atoms with Gasteiger partial charge in [0.15, 0.2) is 0 Å². The van der Waals surface area contributed by atoms with E-state index in [9.17, 15) is 0 Å². The zero-order valence-corrected chi connectivity index (χ0v) is 4.53. The molecule has 0 aliphatic heterocycles. The SMILES string of the molecule is C.COc1ncccn1. The number of ether oxygens (including phenoxy) is 1. The Labute approximate surface area is 54.7 Å². The predicted octanol–water partition coefficient (Wildman–Crippen LogP) is 1.12. The summed E-state index contributed by atoms with van der Waals surface area (Å²) in [5.41, 5.74) is 0. The molecule has 0 aliphatic rings. The lowest BCUT2D eigenvalue weighted by Gasteiger charge is -1.90. The van der Waals surface area contributed by atoms with Crippen LogP contribution in [0.3, 0.4) is 0 Å². The van der Waals surface area contributed by atoms with Crippen molar-refractivity contribution in [1.29, 1.82) is 0 Å². The molecule has 1 aromatic rings. The fourth-order valence-corrected chi connectivity index (χ4v) is 0.391. The average molecular weight is 126 g/mol. The molecule has 0 bridgehead atoms. The number of nitrogens with zero attached hydrogens (tertiary/aromatic N) is 2. The maximum atomic E-state index is 4.69. The van der Waals surface area contributed by atoms with Crippen LogP contribution in [0.1, 0.15) is 7.43 Å². The Hall–Kier alpha value is -1.12. The Kier molecular flexibility index (Phi) is 3.35. The Morgan fingerprint density at radius 3 is 2.22 bits per heavy atom. The lowest BCUT2D eigenvalue weighted by atomic mass is 10.7. The Bertz CT molecular complexity index is 152. The van der Waals surface area contributed by atoms with E-state index in [2.05, 4.69) is 9.97 Å². The van der Waals surface area contributed by atoms with Gasteiger partial charge in [-0.15, -0.1) is 0 Å². The molecule has 1 heterocycles. The fraction of sp³-hybridized carbons (Fsp3) is 0.333. The van der Waals surface area contributed by atoms with Gasteiger partial charge >= 0.3 is 6.01 Å². The van der Waals surface area contributed by atoms with Crippen LogP contribution in [0.4, 0.5) is 0 Å². The summed E-state index contributed by atoms with van der Waals surface area (Å²) in [6.07, 6.45) is 3.26. The molecule has 0 spiro atoms. The fourth-order valence-electron chi connectivity index (χ4n) is 0.391. The van der Waals surface area contributed by atoms with Gasteiger partial charge in [0.25, 0.3) is 0 Å². The Morgan fingerprint density at radius 2 is 1.89 bits per heavy atom. The molecule has 0 unspecified atom stereocenters. The molecular formula is C6H10N2O. The topological polar surface area (TPSA) is 35.0 Å². The van der Waals surface area contributed by atoms with Crippen molar-refractivity contribution in [3.8, 4) is 6.01 Å². The summed E-state index contributed by atoms with van der Waals surface area (Å²) in [4.78, 5) is 7.53. The minimum atomic E-state index is 0. The van der Waals surface area contributed by atoms with Crippen molar-refractivity contribution in [1.82, 2.24) is 9.97 Å². The molecule has 0 aliphatic carbocycles. The molecular weight excluding hydrogens is 116 g/mol. The standard InChI is InChI=1S/C5H6N2O.CH4/c1-8-5-6-3-2-4-7-5;/h2-4H,1H3;1H4. The molecule has 0 saturated carbocycles. The van der Waals surface area contributed by atoms with Crippen LogP contribution in [0.5, 0.6) is 6.01 Å². The van der Waals surface area contributed by atoms with E-state index >= 15 is 0 Å². The van der Waals surface area contributed by atoms with Gasteiger partial charge in [0.2, 0.25) is 0 Å². The van der Waals surface area contributed by atoms with Crippen LogP contribution >= 0.6 is 0 Å². The van der Waals surface area contributed by atoms with E-state index in [-0.39, 0.29) is 7.43 Å². The number of hydrogen-bond donors (Lipinski definition) is 0. The first kappa shape index (κ1) is 7.88. The highest BCUT2D eigenvalue weighted by atomic mass is 16.5. The van der Waals surface area contributed by atoms with Gasteiger partial charge in [-0.2, -0.15) is 0 Å². The van der Waals surface area contributed by atoms with Crippen LogP contribution in [0.2, 0.25) is 0 Å². The first-order valence-corrected chi connectivity index (χ1v) is 2.24. The second-order valence-electron chi connectivity index (χ2n) is 1.24. The monoisotopic (exact) mass is 126 g/mol. The third-order valence-electron chi connectivity index (χ3n) is 0.725. The molecule has 0 aromatic carbocycles. The molecule has 3 heteroatoms. The zero-order chi connectivity index (χ0) is 5.82. The maximum Gasteiger partial charge on any atom is 0.315 e. The lowest BCUT2D eigenvalue weighted by Crippen LogP contribution is -1.87. The van der Waals surface area contributed by atoms with Crippen molar-refractivity contribution in [3.63, 3.8) is 0 Å². The minimum absolute atomic E-state index is 0. The molecule has 1 aromatic heterocycles. The minimum Gasteiger partial charge on any atom is -0.467 e. The molecule has 0 atom stereocenters. The van der Waals surface area contributed by atoms with Crippen molar-refractivity contribution < 1.29 is 4.74 Å². The van der Waals surface area contributed by atoms with Crippen LogP contribution in [0.25, 0.3) is 0 Å². The molecule has 0 fully saturated rings. The predicted molar refractivity (Wildman–Crippen MR) is 35.3 cm³/mol. The van der Waals surface area contributed by atoms with E-state index in [1.54, 1.807) is 18.5 Å². The second-order valence-corrected chi connectivity index (χ2v) is 1.24. The van der Waals surface area contributed by atoms with Gasteiger partial charge in [-0.25, -0.2) is 9.97 Å². The largest absolute Gasteiger partial charge is 0.467 e. The summed E-state index contributed by atoms with van der Waals surface area (Å²) in [6.45, 7) is 0.